The van der Waals surface area contributed by atoms with Crippen molar-refractivity contribution < 1.29 is 23.9 Å². The average molecular weight is 366 g/mol. The van der Waals surface area contributed by atoms with Crippen molar-refractivity contribution in [3.8, 4) is 0 Å². The molecule has 0 atom stereocenters. The molecule has 2 heterocycles. The molecule has 2 N–H and O–H groups in total. The van der Waals surface area contributed by atoms with Crippen LogP contribution in [0.25, 0.3) is 0 Å². The Balaban J connectivity index is 1.66. The van der Waals surface area contributed by atoms with E-state index in [-0.39, 0.29) is 24.5 Å². The number of ether oxygens (including phenoxy) is 1. The predicted octanol–water partition coefficient (Wildman–Crippen LogP) is 0.268. The number of imide groups is 1. The maximum Gasteiger partial charge on any atom is 0.355 e. The Kier molecular flexibility index (Phi) is 6.63. The summed E-state index contributed by atoms with van der Waals surface area (Å²) in [6, 6.07) is 3.22. The molecule has 0 spiro atoms. The van der Waals surface area contributed by atoms with Gasteiger partial charge < -0.3 is 10.1 Å². The SMILES string of the molecule is CN1N=C(C(=O)OCC(=O)NC(=O)NCCc2cccs2)CCC1=O. The predicted molar refractivity (Wildman–Crippen MR) is 90.0 cm³/mol. The van der Waals surface area contributed by atoms with Gasteiger partial charge in [-0.05, 0) is 17.9 Å². The van der Waals surface area contributed by atoms with Gasteiger partial charge in [0.05, 0.1) is 0 Å². The lowest BCUT2D eigenvalue weighted by molar-refractivity contribution is -0.142. The fourth-order valence-corrected chi connectivity index (χ4v) is 2.70. The van der Waals surface area contributed by atoms with Crippen molar-refractivity contribution in [1.82, 2.24) is 15.6 Å². The van der Waals surface area contributed by atoms with Gasteiger partial charge in [0, 0.05) is 31.3 Å². The minimum absolute atomic E-state index is 0.0651. The second-order valence-electron chi connectivity index (χ2n) is 5.17. The molecule has 0 saturated carbocycles. The molecule has 1 aromatic rings. The summed E-state index contributed by atoms with van der Waals surface area (Å²) in [6.45, 7) is -0.218. The van der Waals surface area contributed by atoms with Crippen LogP contribution in [0.3, 0.4) is 0 Å². The lowest BCUT2D eigenvalue weighted by Crippen LogP contribution is -2.42. The summed E-state index contributed by atoms with van der Waals surface area (Å²) in [4.78, 5) is 47.3. The number of hydrazone groups is 1. The Labute approximate surface area is 148 Å². The van der Waals surface area contributed by atoms with E-state index in [9.17, 15) is 19.2 Å². The first-order valence-electron chi connectivity index (χ1n) is 7.57. The van der Waals surface area contributed by atoms with Gasteiger partial charge in [0.25, 0.3) is 5.91 Å². The third-order valence-electron chi connectivity index (χ3n) is 3.27. The monoisotopic (exact) mass is 366 g/mol. The molecule has 25 heavy (non-hydrogen) atoms. The quantitative estimate of drug-likeness (QED) is 0.701. The van der Waals surface area contributed by atoms with Crippen LogP contribution in [0.5, 0.6) is 0 Å². The van der Waals surface area contributed by atoms with Crippen molar-refractivity contribution in [2.75, 3.05) is 20.2 Å². The Morgan fingerprint density at radius 2 is 2.16 bits per heavy atom. The molecule has 4 amide bonds. The van der Waals surface area contributed by atoms with Crippen molar-refractivity contribution in [3.05, 3.63) is 22.4 Å². The van der Waals surface area contributed by atoms with Crippen LogP contribution in [0.4, 0.5) is 4.79 Å². The van der Waals surface area contributed by atoms with Gasteiger partial charge in [-0.25, -0.2) is 14.6 Å². The zero-order chi connectivity index (χ0) is 18.2. The zero-order valence-corrected chi connectivity index (χ0v) is 14.4. The summed E-state index contributed by atoms with van der Waals surface area (Å²) in [5.41, 5.74) is 0.0651. The molecule has 1 aliphatic rings. The number of esters is 1. The van der Waals surface area contributed by atoms with Gasteiger partial charge in [-0.15, -0.1) is 11.3 Å². The molecule has 10 heteroatoms. The number of hydrogen-bond acceptors (Lipinski definition) is 7. The van der Waals surface area contributed by atoms with Gasteiger partial charge in [-0.1, -0.05) is 6.07 Å². The third-order valence-corrected chi connectivity index (χ3v) is 4.20. The number of carbonyl (C=O) groups excluding carboxylic acids is 4. The second kappa shape index (κ2) is 8.92. The summed E-state index contributed by atoms with van der Waals surface area (Å²) >= 11 is 1.58. The molecule has 0 bridgehead atoms. The molecule has 0 aromatic carbocycles. The molecule has 0 fully saturated rings. The molecule has 0 unspecified atom stereocenters. The van der Waals surface area contributed by atoms with Crippen LogP contribution in [0.15, 0.2) is 22.6 Å². The van der Waals surface area contributed by atoms with E-state index >= 15 is 0 Å². The van der Waals surface area contributed by atoms with E-state index < -0.39 is 24.5 Å². The van der Waals surface area contributed by atoms with Gasteiger partial charge in [0.15, 0.2) is 6.61 Å². The van der Waals surface area contributed by atoms with Gasteiger partial charge in [-0.2, -0.15) is 5.10 Å². The molecule has 2 rings (SSSR count). The van der Waals surface area contributed by atoms with E-state index in [4.69, 9.17) is 4.74 Å². The summed E-state index contributed by atoms with van der Waals surface area (Å²) in [5.74, 6) is -1.73. The first kappa shape index (κ1) is 18.6. The highest BCUT2D eigenvalue weighted by Crippen LogP contribution is 2.08. The molecule has 134 valence electrons. The number of nitrogens with one attached hydrogen (secondary N) is 2. The van der Waals surface area contributed by atoms with E-state index in [0.717, 1.165) is 9.89 Å². The van der Waals surface area contributed by atoms with Crippen LogP contribution in [0, 0.1) is 0 Å². The van der Waals surface area contributed by atoms with Crippen LogP contribution in [0.2, 0.25) is 0 Å². The normalized spacial score (nSPS) is 13.9. The Morgan fingerprint density at radius 1 is 1.36 bits per heavy atom. The van der Waals surface area contributed by atoms with Crippen molar-refractivity contribution in [1.29, 1.82) is 0 Å². The largest absolute Gasteiger partial charge is 0.451 e. The van der Waals surface area contributed by atoms with E-state index in [1.165, 1.54) is 7.05 Å². The second-order valence-corrected chi connectivity index (χ2v) is 6.21. The number of amides is 4. The first-order chi connectivity index (χ1) is 12.0. The third kappa shape index (κ3) is 5.99. The number of hydrogen-bond donors (Lipinski definition) is 2. The minimum atomic E-state index is -0.785. The van der Waals surface area contributed by atoms with Gasteiger partial charge in [0.2, 0.25) is 5.91 Å². The molecule has 1 aromatic heterocycles. The van der Waals surface area contributed by atoms with E-state index in [1.807, 2.05) is 17.5 Å². The highest BCUT2D eigenvalue weighted by atomic mass is 32.1. The standard InChI is InChI=1S/C15H18N4O5S/c1-19-13(21)5-4-11(18-19)14(22)24-9-12(20)17-15(23)16-7-6-10-3-2-8-25-10/h2-3,8H,4-7,9H2,1H3,(H2,16,17,20,23). The summed E-state index contributed by atoms with van der Waals surface area (Å²) in [6.07, 6.45) is 0.983. The van der Waals surface area contributed by atoms with Gasteiger partial charge >= 0.3 is 12.0 Å². The van der Waals surface area contributed by atoms with E-state index in [0.29, 0.717) is 13.0 Å². The lowest BCUT2D eigenvalue weighted by Gasteiger charge is -2.18. The van der Waals surface area contributed by atoms with Crippen molar-refractivity contribution in [2.24, 2.45) is 5.10 Å². The van der Waals surface area contributed by atoms with Crippen molar-refractivity contribution in [2.45, 2.75) is 19.3 Å². The van der Waals surface area contributed by atoms with Gasteiger partial charge in [0.1, 0.15) is 5.71 Å². The summed E-state index contributed by atoms with van der Waals surface area (Å²) < 4.78 is 4.79. The Hall–Kier alpha value is -2.75. The summed E-state index contributed by atoms with van der Waals surface area (Å²) in [5, 5.41) is 11.4. The molecule has 0 aliphatic carbocycles. The number of thiophene rings is 1. The summed E-state index contributed by atoms with van der Waals surface area (Å²) in [7, 11) is 1.43. The number of nitrogens with zero attached hydrogens (tertiary/aromatic N) is 2. The fourth-order valence-electron chi connectivity index (χ4n) is 1.99. The lowest BCUT2D eigenvalue weighted by atomic mass is 10.2. The van der Waals surface area contributed by atoms with E-state index in [2.05, 4.69) is 15.7 Å². The maximum atomic E-state index is 11.8. The molecular weight excluding hydrogens is 348 g/mol. The highest BCUT2D eigenvalue weighted by molar-refractivity contribution is 7.09. The van der Waals surface area contributed by atoms with Crippen LogP contribution in [0.1, 0.15) is 17.7 Å². The zero-order valence-electron chi connectivity index (χ0n) is 13.6. The number of carbonyl (C=O) groups is 4. The Bertz CT molecular complexity index is 686. The first-order valence-corrected chi connectivity index (χ1v) is 8.45. The van der Waals surface area contributed by atoms with Crippen LogP contribution >= 0.6 is 11.3 Å². The molecule has 0 radical (unpaired) electrons. The van der Waals surface area contributed by atoms with Crippen molar-refractivity contribution >= 4 is 40.9 Å². The van der Waals surface area contributed by atoms with Crippen molar-refractivity contribution in [3.63, 3.8) is 0 Å². The average Bonchev–Trinajstić information content (AvgIpc) is 3.08. The smallest absolute Gasteiger partial charge is 0.355 e. The van der Waals surface area contributed by atoms with Crippen LogP contribution < -0.4 is 10.6 Å². The van der Waals surface area contributed by atoms with E-state index in [1.54, 1.807) is 11.3 Å². The molecule has 9 nitrogen and oxygen atoms in total. The van der Waals surface area contributed by atoms with Crippen LogP contribution in [-0.4, -0.2) is 54.7 Å². The minimum Gasteiger partial charge on any atom is -0.451 e. The highest BCUT2D eigenvalue weighted by Gasteiger charge is 2.23. The maximum absolute atomic E-state index is 11.8. The fraction of sp³-hybridized carbons (Fsp3) is 0.400. The molecule has 0 saturated heterocycles. The van der Waals surface area contributed by atoms with Crippen LogP contribution in [-0.2, 0) is 25.5 Å². The van der Waals surface area contributed by atoms with Gasteiger partial charge in [-0.3, -0.25) is 14.9 Å². The molecule has 1 aliphatic heterocycles. The number of urea groups is 1. The number of rotatable bonds is 6. The topological polar surface area (TPSA) is 117 Å². The Morgan fingerprint density at radius 3 is 2.84 bits per heavy atom. The molecular formula is C15H18N4O5S.